The fourth-order valence-electron chi connectivity index (χ4n) is 2.24. The summed E-state index contributed by atoms with van der Waals surface area (Å²) in [7, 11) is 1.89. The van der Waals surface area contributed by atoms with E-state index < -0.39 is 0 Å². The molecule has 1 fully saturated rings. The number of hydrogen-bond acceptors (Lipinski definition) is 2. The topological polar surface area (TPSA) is 29.5 Å². The summed E-state index contributed by atoms with van der Waals surface area (Å²) in [4.78, 5) is 14.2. The molecule has 0 aliphatic carbocycles. The van der Waals surface area contributed by atoms with Gasteiger partial charge in [0.2, 0.25) is 0 Å². The Bertz CT molecular complexity index is 416. The summed E-state index contributed by atoms with van der Waals surface area (Å²) in [5.41, 5.74) is 0.799. The standard InChI is InChI=1S/C14H18INO2/c1-16(10-11-6-8-18-9-7-11)14(17)12-4-2-3-5-13(12)15/h2-5,11H,6-10H2,1H3. The number of hydrogen-bond donors (Lipinski definition) is 0. The van der Waals surface area contributed by atoms with Gasteiger partial charge in [-0.05, 0) is 53.5 Å². The highest BCUT2D eigenvalue weighted by molar-refractivity contribution is 14.1. The van der Waals surface area contributed by atoms with Crippen molar-refractivity contribution in [3.63, 3.8) is 0 Å². The van der Waals surface area contributed by atoms with E-state index in [1.807, 2.05) is 36.2 Å². The highest BCUT2D eigenvalue weighted by Crippen LogP contribution is 2.18. The van der Waals surface area contributed by atoms with Gasteiger partial charge >= 0.3 is 0 Å². The van der Waals surface area contributed by atoms with Gasteiger partial charge in [-0.1, -0.05) is 12.1 Å². The molecule has 0 spiro atoms. The van der Waals surface area contributed by atoms with Gasteiger partial charge in [-0.2, -0.15) is 0 Å². The monoisotopic (exact) mass is 359 g/mol. The molecule has 0 saturated carbocycles. The minimum atomic E-state index is 0.117. The van der Waals surface area contributed by atoms with Crippen LogP contribution in [0.3, 0.4) is 0 Å². The number of carbonyl (C=O) groups is 1. The summed E-state index contributed by atoms with van der Waals surface area (Å²) in [5, 5.41) is 0. The molecule has 1 aromatic carbocycles. The number of carbonyl (C=O) groups excluding carboxylic acids is 1. The minimum Gasteiger partial charge on any atom is -0.381 e. The highest BCUT2D eigenvalue weighted by Gasteiger charge is 2.20. The van der Waals surface area contributed by atoms with Gasteiger partial charge in [0, 0.05) is 30.4 Å². The van der Waals surface area contributed by atoms with Crippen LogP contribution in [0.25, 0.3) is 0 Å². The predicted molar refractivity (Wildman–Crippen MR) is 79.7 cm³/mol. The summed E-state index contributed by atoms with van der Waals surface area (Å²) in [5.74, 6) is 0.695. The molecule has 0 atom stereocenters. The first-order valence-corrected chi connectivity index (χ1v) is 7.34. The Morgan fingerprint density at radius 1 is 1.39 bits per heavy atom. The molecule has 1 aliphatic rings. The number of amides is 1. The van der Waals surface area contributed by atoms with E-state index in [4.69, 9.17) is 4.74 Å². The molecule has 1 heterocycles. The molecule has 2 rings (SSSR count). The third-order valence-corrected chi connectivity index (χ3v) is 4.26. The quantitative estimate of drug-likeness (QED) is 0.777. The molecule has 0 unspecified atom stereocenters. The molecule has 3 nitrogen and oxygen atoms in total. The first-order valence-electron chi connectivity index (χ1n) is 6.26. The SMILES string of the molecule is CN(CC1CCOCC1)C(=O)c1ccccc1I. The van der Waals surface area contributed by atoms with Gasteiger partial charge in [-0.3, -0.25) is 4.79 Å². The highest BCUT2D eigenvalue weighted by atomic mass is 127. The molecule has 0 N–H and O–H groups in total. The van der Waals surface area contributed by atoms with Crippen molar-refractivity contribution in [2.45, 2.75) is 12.8 Å². The lowest BCUT2D eigenvalue weighted by molar-refractivity contribution is 0.0497. The Balaban J connectivity index is 1.98. The third kappa shape index (κ3) is 3.45. The average molecular weight is 359 g/mol. The second-order valence-corrected chi connectivity index (χ2v) is 5.88. The van der Waals surface area contributed by atoms with E-state index in [0.717, 1.165) is 41.7 Å². The normalized spacial score (nSPS) is 16.6. The maximum absolute atomic E-state index is 12.3. The molecule has 1 amide bonds. The van der Waals surface area contributed by atoms with Crippen molar-refractivity contribution < 1.29 is 9.53 Å². The molecule has 1 aromatic rings. The number of ether oxygens (including phenoxy) is 1. The van der Waals surface area contributed by atoms with Crippen LogP contribution in [0.5, 0.6) is 0 Å². The molecule has 1 saturated heterocycles. The first kappa shape index (κ1) is 13.8. The Morgan fingerprint density at radius 2 is 2.06 bits per heavy atom. The summed E-state index contributed by atoms with van der Waals surface area (Å²) < 4.78 is 6.35. The van der Waals surface area contributed by atoms with Crippen molar-refractivity contribution in [2.75, 3.05) is 26.8 Å². The van der Waals surface area contributed by atoms with Gasteiger partial charge in [0.15, 0.2) is 0 Å². The minimum absolute atomic E-state index is 0.117. The van der Waals surface area contributed by atoms with E-state index in [0.29, 0.717) is 5.92 Å². The van der Waals surface area contributed by atoms with Gasteiger partial charge in [-0.25, -0.2) is 0 Å². The molecular weight excluding hydrogens is 341 g/mol. The summed E-state index contributed by atoms with van der Waals surface area (Å²) >= 11 is 2.21. The fraction of sp³-hybridized carbons (Fsp3) is 0.500. The Labute approximate surface area is 122 Å². The van der Waals surface area contributed by atoms with E-state index in [9.17, 15) is 4.79 Å². The van der Waals surface area contributed by atoms with Crippen LogP contribution in [0.4, 0.5) is 0 Å². The van der Waals surface area contributed by atoms with Crippen LogP contribution in [0.2, 0.25) is 0 Å². The zero-order valence-corrected chi connectivity index (χ0v) is 12.7. The van der Waals surface area contributed by atoms with Crippen molar-refractivity contribution in [1.82, 2.24) is 4.90 Å². The lowest BCUT2D eigenvalue weighted by atomic mass is 9.99. The van der Waals surface area contributed by atoms with Crippen molar-refractivity contribution in [3.05, 3.63) is 33.4 Å². The maximum atomic E-state index is 12.3. The van der Waals surface area contributed by atoms with Gasteiger partial charge in [0.1, 0.15) is 0 Å². The molecule has 98 valence electrons. The van der Waals surface area contributed by atoms with Gasteiger partial charge < -0.3 is 9.64 Å². The molecular formula is C14H18INO2. The summed E-state index contributed by atoms with van der Waals surface area (Å²) in [6.07, 6.45) is 2.12. The van der Waals surface area contributed by atoms with Crippen molar-refractivity contribution in [2.24, 2.45) is 5.92 Å². The molecule has 0 aromatic heterocycles. The van der Waals surface area contributed by atoms with E-state index in [1.54, 1.807) is 0 Å². The van der Waals surface area contributed by atoms with Crippen LogP contribution < -0.4 is 0 Å². The number of nitrogens with zero attached hydrogens (tertiary/aromatic N) is 1. The molecule has 0 bridgehead atoms. The lowest BCUT2D eigenvalue weighted by Gasteiger charge is -2.27. The Morgan fingerprint density at radius 3 is 2.72 bits per heavy atom. The predicted octanol–water partition coefficient (Wildman–Crippen LogP) is 2.79. The van der Waals surface area contributed by atoms with Crippen LogP contribution in [-0.4, -0.2) is 37.6 Å². The lowest BCUT2D eigenvalue weighted by Crippen LogP contribution is -2.34. The largest absolute Gasteiger partial charge is 0.381 e. The van der Waals surface area contributed by atoms with Crippen LogP contribution >= 0.6 is 22.6 Å². The van der Waals surface area contributed by atoms with E-state index >= 15 is 0 Å². The van der Waals surface area contributed by atoms with Crippen LogP contribution in [0, 0.1) is 9.49 Å². The number of halogens is 1. The van der Waals surface area contributed by atoms with Crippen LogP contribution in [0.15, 0.2) is 24.3 Å². The Kier molecular flexibility index (Phi) is 5.00. The van der Waals surface area contributed by atoms with Crippen molar-refractivity contribution in [3.8, 4) is 0 Å². The second-order valence-electron chi connectivity index (χ2n) is 4.72. The van der Waals surface area contributed by atoms with Crippen LogP contribution in [0.1, 0.15) is 23.2 Å². The number of benzene rings is 1. The smallest absolute Gasteiger partial charge is 0.254 e. The van der Waals surface area contributed by atoms with Gasteiger partial charge in [0.25, 0.3) is 5.91 Å². The molecule has 4 heteroatoms. The molecule has 0 radical (unpaired) electrons. The average Bonchev–Trinajstić information content (AvgIpc) is 2.39. The first-order chi connectivity index (χ1) is 8.68. The summed E-state index contributed by atoms with van der Waals surface area (Å²) in [6, 6.07) is 7.73. The van der Waals surface area contributed by atoms with Crippen LogP contribution in [-0.2, 0) is 4.74 Å². The van der Waals surface area contributed by atoms with Crippen molar-refractivity contribution >= 4 is 28.5 Å². The van der Waals surface area contributed by atoms with Gasteiger partial charge in [0.05, 0.1) is 5.56 Å². The van der Waals surface area contributed by atoms with Gasteiger partial charge in [-0.15, -0.1) is 0 Å². The summed E-state index contributed by atoms with van der Waals surface area (Å²) in [6.45, 7) is 2.48. The molecule has 1 aliphatic heterocycles. The Hall–Kier alpha value is -0.620. The third-order valence-electron chi connectivity index (χ3n) is 3.32. The maximum Gasteiger partial charge on any atom is 0.254 e. The zero-order chi connectivity index (χ0) is 13.0. The molecule has 18 heavy (non-hydrogen) atoms. The van der Waals surface area contributed by atoms with E-state index in [-0.39, 0.29) is 5.91 Å². The second kappa shape index (κ2) is 6.52. The zero-order valence-electron chi connectivity index (χ0n) is 10.6. The van der Waals surface area contributed by atoms with E-state index in [1.165, 1.54) is 0 Å². The van der Waals surface area contributed by atoms with E-state index in [2.05, 4.69) is 22.6 Å². The number of rotatable bonds is 3. The fourth-order valence-corrected chi connectivity index (χ4v) is 2.86. The van der Waals surface area contributed by atoms with Crippen molar-refractivity contribution in [1.29, 1.82) is 0 Å².